The van der Waals surface area contributed by atoms with Crippen LogP contribution < -0.4 is 5.32 Å². The fourth-order valence-electron chi connectivity index (χ4n) is 3.62. The second-order valence-corrected chi connectivity index (χ2v) is 9.29. The van der Waals surface area contributed by atoms with Crippen LogP contribution in [0.25, 0.3) is 0 Å². The van der Waals surface area contributed by atoms with Crippen molar-refractivity contribution in [3.63, 3.8) is 0 Å². The lowest BCUT2D eigenvalue weighted by Gasteiger charge is -2.12. The van der Waals surface area contributed by atoms with Crippen LogP contribution in [0.2, 0.25) is 0 Å². The summed E-state index contributed by atoms with van der Waals surface area (Å²) in [5.74, 6) is 0.00184. The Bertz CT molecular complexity index is 1060. The highest BCUT2D eigenvalue weighted by Crippen LogP contribution is 2.39. The number of aryl methyl sites for hydroxylation is 1. The average molecular weight is 457 g/mol. The quantitative estimate of drug-likeness (QED) is 0.389. The minimum Gasteiger partial charge on any atom is -0.383 e. The maximum Gasteiger partial charge on any atom is 0.235 e. The van der Waals surface area contributed by atoms with Crippen molar-refractivity contribution >= 4 is 39.8 Å². The van der Waals surface area contributed by atoms with Crippen LogP contribution >= 0.6 is 23.1 Å². The molecule has 1 N–H and O–H groups in total. The third kappa shape index (κ3) is 5.06. The van der Waals surface area contributed by atoms with Crippen LogP contribution in [0.15, 0.2) is 41.8 Å². The number of hydrogen-bond acceptors (Lipinski definition) is 7. The lowest BCUT2D eigenvalue weighted by atomic mass is 9.92. The highest BCUT2D eigenvalue weighted by atomic mass is 32.2. The number of methoxy groups -OCH3 is 1. The van der Waals surface area contributed by atoms with E-state index in [1.54, 1.807) is 13.4 Å². The van der Waals surface area contributed by atoms with E-state index in [1.165, 1.54) is 28.0 Å². The number of fused-ring (bicyclic) bond motifs is 1. The predicted molar refractivity (Wildman–Crippen MR) is 122 cm³/mol. The summed E-state index contributed by atoms with van der Waals surface area (Å²) in [7, 11) is 1.64. The first kappa shape index (κ1) is 21.7. The molecule has 0 radical (unpaired) electrons. The van der Waals surface area contributed by atoms with Crippen molar-refractivity contribution in [1.29, 1.82) is 0 Å². The van der Waals surface area contributed by atoms with E-state index in [-0.39, 0.29) is 17.4 Å². The van der Waals surface area contributed by atoms with Crippen LogP contribution in [-0.4, -0.2) is 45.9 Å². The van der Waals surface area contributed by atoms with Gasteiger partial charge in [0.25, 0.3) is 0 Å². The molecule has 0 atom stereocenters. The van der Waals surface area contributed by atoms with Gasteiger partial charge in [0.05, 0.1) is 17.9 Å². The number of amides is 1. The van der Waals surface area contributed by atoms with Crippen LogP contribution in [0.1, 0.15) is 39.2 Å². The van der Waals surface area contributed by atoms with Crippen LogP contribution in [0.3, 0.4) is 0 Å². The topological polar surface area (TPSA) is 86.1 Å². The van der Waals surface area contributed by atoms with Gasteiger partial charge in [0.15, 0.2) is 10.9 Å². The molecule has 1 aliphatic rings. The molecule has 2 aromatic heterocycles. The molecule has 0 fully saturated rings. The zero-order valence-electron chi connectivity index (χ0n) is 17.3. The van der Waals surface area contributed by atoms with Crippen LogP contribution in [0.4, 0.5) is 5.00 Å². The number of thioether (sulfide) groups is 1. The monoisotopic (exact) mass is 456 g/mol. The molecule has 9 heteroatoms. The van der Waals surface area contributed by atoms with Gasteiger partial charge in [0.2, 0.25) is 5.91 Å². The molecule has 7 nitrogen and oxygen atoms in total. The van der Waals surface area contributed by atoms with Gasteiger partial charge in [-0.3, -0.25) is 9.59 Å². The standard InChI is InChI=1S/C22H24N4O3S2/c1-29-12-11-26-14-23-25-22(26)30-13-18(27)24-21-19(16-9-5-6-10-17(16)31-21)20(28)15-7-3-2-4-8-15/h2-4,7-8,14H,5-6,9-13H2,1H3,(H,24,27). The third-order valence-corrected chi connectivity index (χ3v) is 7.32. The average Bonchev–Trinajstić information content (AvgIpc) is 3.40. The SMILES string of the molecule is COCCn1cnnc1SCC(=O)Nc1sc2c(c1C(=O)c1ccccc1)CCCC2. The summed E-state index contributed by atoms with van der Waals surface area (Å²) in [5.41, 5.74) is 2.41. The molecule has 4 rings (SSSR count). The van der Waals surface area contributed by atoms with E-state index in [9.17, 15) is 9.59 Å². The molecule has 0 saturated carbocycles. The molecular weight excluding hydrogens is 432 g/mol. The predicted octanol–water partition coefficient (Wildman–Crippen LogP) is 3.83. The summed E-state index contributed by atoms with van der Waals surface area (Å²) in [4.78, 5) is 27.2. The Morgan fingerprint density at radius 2 is 2.03 bits per heavy atom. The van der Waals surface area contributed by atoms with Gasteiger partial charge in [0, 0.05) is 24.1 Å². The van der Waals surface area contributed by atoms with Gasteiger partial charge in [-0.1, -0.05) is 42.1 Å². The molecule has 0 aliphatic heterocycles. The molecule has 162 valence electrons. The van der Waals surface area contributed by atoms with Crippen molar-refractivity contribution in [2.24, 2.45) is 0 Å². The number of aromatic nitrogens is 3. The Morgan fingerprint density at radius 3 is 2.84 bits per heavy atom. The van der Waals surface area contributed by atoms with E-state index < -0.39 is 0 Å². The van der Waals surface area contributed by atoms with E-state index >= 15 is 0 Å². The molecule has 0 unspecified atom stereocenters. The van der Waals surface area contributed by atoms with E-state index in [1.807, 2.05) is 34.9 Å². The van der Waals surface area contributed by atoms with Gasteiger partial charge >= 0.3 is 0 Å². The highest BCUT2D eigenvalue weighted by molar-refractivity contribution is 7.99. The lowest BCUT2D eigenvalue weighted by Crippen LogP contribution is -2.17. The molecule has 0 bridgehead atoms. The minimum absolute atomic E-state index is 0.0257. The highest BCUT2D eigenvalue weighted by Gasteiger charge is 2.27. The minimum atomic E-state index is -0.160. The third-order valence-electron chi connectivity index (χ3n) is 5.14. The molecular formula is C22H24N4O3S2. The number of rotatable bonds is 9. The van der Waals surface area contributed by atoms with Crippen LogP contribution in [0, 0.1) is 0 Å². The van der Waals surface area contributed by atoms with Gasteiger partial charge in [-0.25, -0.2) is 0 Å². The Morgan fingerprint density at radius 1 is 1.23 bits per heavy atom. The zero-order valence-corrected chi connectivity index (χ0v) is 18.9. The second-order valence-electron chi connectivity index (χ2n) is 7.25. The van der Waals surface area contributed by atoms with Gasteiger partial charge in [-0.05, 0) is 31.2 Å². The maximum absolute atomic E-state index is 13.3. The number of anilines is 1. The van der Waals surface area contributed by atoms with Gasteiger partial charge < -0.3 is 14.6 Å². The number of ether oxygens (including phenoxy) is 1. The summed E-state index contributed by atoms with van der Waals surface area (Å²) in [6, 6.07) is 9.26. The summed E-state index contributed by atoms with van der Waals surface area (Å²) >= 11 is 2.86. The fraction of sp³-hybridized carbons (Fsp3) is 0.364. The number of nitrogens with zero attached hydrogens (tertiary/aromatic N) is 3. The molecule has 31 heavy (non-hydrogen) atoms. The van der Waals surface area contributed by atoms with Crippen LogP contribution in [0.5, 0.6) is 0 Å². The largest absolute Gasteiger partial charge is 0.383 e. The first-order chi connectivity index (χ1) is 15.2. The Hall–Kier alpha value is -2.49. The second kappa shape index (κ2) is 10.2. The number of carbonyl (C=O) groups is 2. The Balaban J connectivity index is 1.50. The van der Waals surface area contributed by atoms with Crippen molar-refractivity contribution in [3.05, 3.63) is 58.2 Å². The van der Waals surface area contributed by atoms with Gasteiger partial charge in [-0.2, -0.15) is 0 Å². The Labute approximate surface area is 189 Å². The molecule has 1 aromatic carbocycles. The smallest absolute Gasteiger partial charge is 0.235 e. The number of benzene rings is 1. The van der Waals surface area contributed by atoms with Crippen molar-refractivity contribution in [2.75, 3.05) is 24.8 Å². The first-order valence-electron chi connectivity index (χ1n) is 10.2. The first-order valence-corrected chi connectivity index (χ1v) is 12.0. The number of carbonyl (C=O) groups excluding carboxylic acids is 2. The van der Waals surface area contributed by atoms with Crippen molar-refractivity contribution < 1.29 is 14.3 Å². The summed E-state index contributed by atoms with van der Waals surface area (Å²) in [6.07, 6.45) is 5.66. The number of nitrogens with one attached hydrogen (secondary N) is 1. The zero-order chi connectivity index (χ0) is 21.6. The lowest BCUT2D eigenvalue weighted by molar-refractivity contribution is -0.113. The number of hydrogen-bond donors (Lipinski definition) is 1. The molecule has 0 spiro atoms. The van der Waals surface area contributed by atoms with Crippen LogP contribution in [-0.2, 0) is 28.9 Å². The van der Waals surface area contributed by atoms with E-state index in [0.29, 0.717) is 34.4 Å². The van der Waals surface area contributed by atoms with Crippen molar-refractivity contribution in [3.8, 4) is 0 Å². The fourth-order valence-corrected chi connectivity index (χ4v) is 5.66. The normalized spacial score (nSPS) is 13.1. The van der Waals surface area contributed by atoms with Gasteiger partial charge in [0.1, 0.15) is 11.3 Å². The van der Waals surface area contributed by atoms with E-state index in [2.05, 4.69) is 15.5 Å². The molecule has 2 heterocycles. The number of thiophene rings is 1. The summed E-state index contributed by atoms with van der Waals surface area (Å²) in [6.45, 7) is 1.17. The number of ketones is 1. The van der Waals surface area contributed by atoms with Crippen molar-refractivity contribution in [2.45, 2.75) is 37.4 Å². The molecule has 0 saturated heterocycles. The molecule has 3 aromatic rings. The van der Waals surface area contributed by atoms with Gasteiger partial charge in [-0.15, -0.1) is 21.5 Å². The van der Waals surface area contributed by atoms with Crippen molar-refractivity contribution in [1.82, 2.24) is 14.8 Å². The molecule has 1 amide bonds. The van der Waals surface area contributed by atoms with E-state index in [0.717, 1.165) is 31.2 Å². The summed E-state index contributed by atoms with van der Waals surface area (Å²) in [5, 5.41) is 12.3. The maximum atomic E-state index is 13.3. The summed E-state index contributed by atoms with van der Waals surface area (Å²) < 4.78 is 6.95. The van der Waals surface area contributed by atoms with E-state index in [4.69, 9.17) is 4.74 Å². The Kier molecular flexibility index (Phi) is 7.16. The molecule has 1 aliphatic carbocycles.